The van der Waals surface area contributed by atoms with Gasteiger partial charge in [0.2, 0.25) is 5.91 Å². The van der Waals surface area contributed by atoms with Crippen LogP contribution in [-0.4, -0.2) is 52.7 Å². The lowest BCUT2D eigenvalue weighted by atomic mass is 9.85. The Hall–Kier alpha value is -3.35. The number of amides is 2. The Morgan fingerprint density at radius 1 is 0.941 bits per heavy atom. The van der Waals surface area contributed by atoms with Crippen LogP contribution in [-0.2, 0) is 14.3 Å². The van der Waals surface area contributed by atoms with Crippen molar-refractivity contribution in [2.45, 2.75) is 59.0 Å². The topological polar surface area (TPSA) is 95.9 Å². The zero-order valence-corrected chi connectivity index (χ0v) is 20.7. The molecule has 0 saturated heterocycles. The monoisotopic (exact) mass is 466 g/mol. The van der Waals surface area contributed by atoms with Crippen LogP contribution in [0.4, 0.5) is 4.79 Å². The summed E-state index contributed by atoms with van der Waals surface area (Å²) in [7, 11) is 0. The van der Waals surface area contributed by atoms with Crippen LogP contribution in [0.3, 0.4) is 0 Å². The van der Waals surface area contributed by atoms with Crippen LogP contribution in [0, 0.1) is 5.41 Å². The van der Waals surface area contributed by atoms with E-state index in [0.717, 1.165) is 22.3 Å². The molecular weight excluding hydrogens is 432 g/mol. The summed E-state index contributed by atoms with van der Waals surface area (Å²) in [6.45, 7) is 10.4. The number of fused-ring (bicyclic) bond motifs is 3. The number of carboxylic acids is 1. The molecule has 2 N–H and O–H groups in total. The van der Waals surface area contributed by atoms with E-state index in [4.69, 9.17) is 4.74 Å². The van der Waals surface area contributed by atoms with Gasteiger partial charge in [-0.05, 0) is 48.4 Å². The highest BCUT2D eigenvalue weighted by atomic mass is 16.5. The second kappa shape index (κ2) is 9.49. The first-order chi connectivity index (χ1) is 15.8. The minimum Gasteiger partial charge on any atom is -0.480 e. The van der Waals surface area contributed by atoms with E-state index in [-0.39, 0.29) is 12.5 Å². The molecule has 0 bridgehead atoms. The lowest BCUT2D eigenvalue weighted by Gasteiger charge is -2.40. The predicted molar refractivity (Wildman–Crippen MR) is 131 cm³/mol. The maximum Gasteiger partial charge on any atom is 0.407 e. The molecule has 3 rings (SSSR count). The van der Waals surface area contributed by atoms with Crippen molar-refractivity contribution in [3.05, 3.63) is 59.7 Å². The molecule has 0 aromatic heterocycles. The third-order valence-corrected chi connectivity index (χ3v) is 6.09. The molecule has 1 aliphatic carbocycles. The van der Waals surface area contributed by atoms with Crippen LogP contribution in [0.15, 0.2) is 48.5 Å². The van der Waals surface area contributed by atoms with Crippen molar-refractivity contribution in [3.63, 3.8) is 0 Å². The smallest absolute Gasteiger partial charge is 0.407 e. The number of benzene rings is 2. The fourth-order valence-corrected chi connectivity index (χ4v) is 4.34. The normalized spacial score (nSPS) is 14.1. The molecule has 0 saturated carbocycles. The standard InChI is InChI=1S/C27H34N2O5/c1-26(2,3)23(24(32)29(15-22(30)31)27(4,5)6)28-25(33)34-16-21-19-13-9-7-11-17(19)18-12-8-10-14-20(18)21/h7-14,21,23H,15-16H2,1-6H3,(H,28,33)(H,30,31). The maximum atomic E-state index is 13.4. The number of hydrogen-bond acceptors (Lipinski definition) is 4. The highest BCUT2D eigenvalue weighted by molar-refractivity contribution is 5.89. The molecule has 0 heterocycles. The molecule has 2 amide bonds. The fraction of sp³-hybridized carbons (Fsp3) is 0.444. The molecule has 0 fully saturated rings. The third-order valence-electron chi connectivity index (χ3n) is 6.09. The quantitative estimate of drug-likeness (QED) is 0.646. The van der Waals surface area contributed by atoms with Crippen molar-refractivity contribution < 1.29 is 24.2 Å². The van der Waals surface area contributed by atoms with Gasteiger partial charge in [0, 0.05) is 11.5 Å². The van der Waals surface area contributed by atoms with Gasteiger partial charge in [-0.3, -0.25) is 9.59 Å². The average Bonchev–Trinajstić information content (AvgIpc) is 3.06. The van der Waals surface area contributed by atoms with Gasteiger partial charge in [-0.2, -0.15) is 0 Å². The molecule has 0 aliphatic heterocycles. The summed E-state index contributed by atoms with van der Waals surface area (Å²) in [5, 5.41) is 12.0. The van der Waals surface area contributed by atoms with Gasteiger partial charge in [0.1, 0.15) is 19.2 Å². The zero-order chi connectivity index (χ0) is 25.3. The largest absolute Gasteiger partial charge is 0.480 e. The Morgan fingerprint density at radius 2 is 1.44 bits per heavy atom. The molecule has 2 aromatic carbocycles. The van der Waals surface area contributed by atoms with E-state index in [2.05, 4.69) is 17.4 Å². The van der Waals surface area contributed by atoms with Gasteiger partial charge < -0.3 is 20.1 Å². The number of carbonyl (C=O) groups is 3. The Balaban J connectivity index is 1.76. The van der Waals surface area contributed by atoms with Crippen molar-refractivity contribution in [1.29, 1.82) is 0 Å². The molecule has 1 aliphatic rings. The van der Waals surface area contributed by atoms with E-state index in [0.29, 0.717) is 0 Å². The van der Waals surface area contributed by atoms with E-state index in [9.17, 15) is 19.5 Å². The van der Waals surface area contributed by atoms with E-state index in [1.807, 2.05) is 57.2 Å². The van der Waals surface area contributed by atoms with Crippen LogP contribution >= 0.6 is 0 Å². The van der Waals surface area contributed by atoms with Crippen LogP contribution in [0.1, 0.15) is 58.6 Å². The number of nitrogens with one attached hydrogen (secondary N) is 1. The van der Waals surface area contributed by atoms with Gasteiger partial charge in [-0.1, -0.05) is 69.3 Å². The van der Waals surface area contributed by atoms with E-state index >= 15 is 0 Å². The Kier molecular flexibility index (Phi) is 7.05. The van der Waals surface area contributed by atoms with Crippen molar-refractivity contribution in [2.24, 2.45) is 5.41 Å². The fourth-order valence-electron chi connectivity index (χ4n) is 4.34. The van der Waals surface area contributed by atoms with E-state index in [1.54, 1.807) is 20.8 Å². The highest BCUT2D eigenvalue weighted by Gasteiger charge is 2.40. The molecule has 7 nitrogen and oxygen atoms in total. The Labute approximate surface area is 201 Å². The first-order valence-corrected chi connectivity index (χ1v) is 11.5. The summed E-state index contributed by atoms with van der Waals surface area (Å²) >= 11 is 0. The molecule has 1 atom stereocenters. The summed E-state index contributed by atoms with van der Waals surface area (Å²) in [5.41, 5.74) is 3.06. The van der Waals surface area contributed by atoms with E-state index in [1.165, 1.54) is 4.90 Å². The van der Waals surface area contributed by atoms with Crippen LogP contribution < -0.4 is 5.32 Å². The molecule has 182 valence electrons. The van der Waals surface area contributed by atoms with Crippen molar-refractivity contribution in [3.8, 4) is 11.1 Å². The first kappa shape index (κ1) is 25.3. The number of nitrogens with zero attached hydrogens (tertiary/aromatic N) is 1. The second-order valence-corrected chi connectivity index (χ2v) is 10.8. The molecule has 34 heavy (non-hydrogen) atoms. The van der Waals surface area contributed by atoms with Crippen LogP contribution in [0.2, 0.25) is 0 Å². The summed E-state index contributed by atoms with van der Waals surface area (Å²) in [6, 6.07) is 15.2. The number of ether oxygens (including phenoxy) is 1. The maximum absolute atomic E-state index is 13.4. The molecular formula is C27H34N2O5. The van der Waals surface area contributed by atoms with Crippen molar-refractivity contribution in [1.82, 2.24) is 10.2 Å². The van der Waals surface area contributed by atoms with Gasteiger partial charge in [-0.25, -0.2) is 4.79 Å². The SMILES string of the molecule is CC(C)(C)C(NC(=O)OCC1c2ccccc2-c2ccccc21)C(=O)N(CC(=O)O)C(C)(C)C. The number of carboxylic acid groups (broad SMARTS) is 1. The lowest BCUT2D eigenvalue weighted by molar-refractivity contribution is -0.150. The summed E-state index contributed by atoms with van der Waals surface area (Å²) < 4.78 is 5.62. The molecule has 0 radical (unpaired) electrons. The van der Waals surface area contributed by atoms with Gasteiger partial charge in [0.05, 0.1) is 0 Å². The van der Waals surface area contributed by atoms with Gasteiger partial charge in [0.15, 0.2) is 0 Å². The number of alkyl carbamates (subject to hydrolysis) is 1. The Morgan fingerprint density at radius 3 is 1.88 bits per heavy atom. The summed E-state index contributed by atoms with van der Waals surface area (Å²) in [4.78, 5) is 38.9. The number of hydrogen-bond donors (Lipinski definition) is 2. The van der Waals surface area contributed by atoms with Gasteiger partial charge in [-0.15, -0.1) is 0 Å². The van der Waals surface area contributed by atoms with Gasteiger partial charge in [0.25, 0.3) is 0 Å². The average molecular weight is 467 g/mol. The summed E-state index contributed by atoms with van der Waals surface area (Å²) in [6.07, 6.45) is -0.709. The van der Waals surface area contributed by atoms with Crippen LogP contribution in [0.25, 0.3) is 11.1 Å². The molecule has 2 aromatic rings. The lowest BCUT2D eigenvalue weighted by Crippen LogP contribution is -2.59. The first-order valence-electron chi connectivity index (χ1n) is 11.5. The zero-order valence-electron chi connectivity index (χ0n) is 20.7. The molecule has 1 unspecified atom stereocenters. The molecule has 7 heteroatoms. The number of carbonyl (C=O) groups excluding carboxylic acids is 2. The van der Waals surface area contributed by atoms with E-state index < -0.39 is 41.5 Å². The number of aliphatic carboxylic acids is 1. The minimum atomic E-state index is -1.11. The van der Waals surface area contributed by atoms with Crippen molar-refractivity contribution >= 4 is 18.0 Å². The third kappa shape index (κ3) is 5.41. The highest BCUT2D eigenvalue weighted by Crippen LogP contribution is 2.44. The van der Waals surface area contributed by atoms with Crippen molar-refractivity contribution in [2.75, 3.05) is 13.2 Å². The minimum absolute atomic E-state index is 0.0972. The van der Waals surface area contributed by atoms with Gasteiger partial charge >= 0.3 is 12.1 Å². The second-order valence-electron chi connectivity index (χ2n) is 10.8. The Bertz CT molecular complexity index is 1040. The molecule has 0 spiro atoms. The predicted octanol–water partition coefficient (Wildman–Crippen LogP) is 4.65. The summed E-state index contributed by atoms with van der Waals surface area (Å²) in [5.74, 6) is -1.67. The number of rotatable bonds is 6. The van der Waals surface area contributed by atoms with Crippen LogP contribution in [0.5, 0.6) is 0 Å².